The van der Waals surface area contributed by atoms with Crippen molar-refractivity contribution in [2.75, 3.05) is 0 Å². The number of rotatable bonds is 16. The van der Waals surface area contributed by atoms with Gasteiger partial charge in [-0.25, -0.2) is 0 Å². The molecule has 0 aromatic carbocycles. The van der Waals surface area contributed by atoms with Gasteiger partial charge in [0.05, 0.1) is 0 Å². The van der Waals surface area contributed by atoms with Crippen molar-refractivity contribution in [3.63, 3.8) is 0 Å². The summed E-state index contributed by atoms with van der Waals surface area (Å²) < 4.78 is 0. The van der Waals surface area contributed by atoms with Crippen LogP contribution in [-0.4, -0.2) is 5.25 Å². The van der Waals surface area contributed by atoms with Gasteiger partial charge < -0.3 is 0 Å². The van der Waals surface area contributed by atoms with E-state index in [4.69, 9.17) is 12.6 Å². The zero-order chi connectivity index (χ0) is 16.9. The summed E-state index contributed by atoms with van der Waals surface area (Å²) in [5.74, 6) is 1.98. The molecule has 3 atom stereocenters. The Kier molecular flexibility index (Phi) is 12.3. The average Bonchev–Trinajstić information content (AvgIpc) is 3.33. The monoisotopic (exact) mass is 338 g/mol. The van der Waals surface area contributed by atoms with Crippen LogP contribution in [-0.2, 0) is 0 Å². The highest BCUT2D eigenvalue weighted by molar-refractivity contribution is 7.81. The smallest absolute Gasteiger partial charge is 0.00478 e. The van der Waals surface area contributed by atoms with Crippen LogP contribution in [0.4, 0.5) is 0 Å². The molecule has 0 N–H and O–H groups in total. The summed E-state index contributed by atoms with van der Waals surface area (Å²) in [7, 11) is 0. The molecule has 0 aliphatic heterocycles. The first-order chi connectivity index (χ1) is 11.2. The van der Waals surface area contributed by atoms with Crippen molar-refractivity contribution in [2.24, 2.45) is 11.8 Å². The minimum Gasteiger partial charge on any atom is -0.176 e. The van der Waals surface area contributed by atoms with Crippen LogP contribution in [0, 0.1) is 11.8 Å². The highest BCUT2D eigenvalue weighted by Gasteiger charge is 2.40. The molecule has 1 fully saturated rings. The van der Waals surface area contributed by atoms with Gasteiger partial charge in [-0.1, -0.05) is 90.2 Å². The third kappa shape index (κ3) is 10.5. The highest BCUT2D eigenvalue weighted by Crippen LogP contribution is 2.47. The highest BCUT2D eigenvalue weighted by atomic mass is 32.1. The van der Waals surface area contributed by atoms with Gasteiger partial charge in [-0.2, -0.15) is 12.6 Å². The molecule has 3 unspecified atom stereocenters. The molecular formula is C22H42S. The van der Waals surface area contributed by atoms with E-state index in [0.29, 0.717) is 5.25 Å². The lowest BCUT2D eigenvalue weighted by Gasteiger charge is -2.10. The Labute approximate surface area is 152 Å². The SMILES string of the molecule is C=C(CC)CCCCCCCC(S)C1CC1CCCCCCC. The summed E-state index contributed by atoms with van der Waals surface area (Å²) >= 11 is 4.90. The van der Waals surface area contributed by atoms with E-state index in [0.717, 1.165) is 18.3 Å². The molecule has 1 aliphatic rings. The largest absolute Gasteiger partial charge is 0.176 e. The molecule has 1 saturated carbocycles. The van der Waals surface area contributed by atoms with Crippen LogP contribution >= 0.6 is 12.6 Å². The molecule has 0 nitrogen and oxygen atoms in total. The Morgan fingerprint density at radius 1 is 0.957 bits per heavy atom. The Hall–Kier alpha value is 0.0900. The van der Waals surface area contributed by atoms with E-state index < -0.39 is 0 Å². The van der Waals surface area contributed by atoms with Crippen molar-refractivity contribution < 1.29 is 0 Å². The number of thiol groups is 1. The van der Waals surface area contributed by atoms with Gasteiger partial charge in [0.25, 0.3) is 0 Å². The topological polar surface area (TPSA) is 0 Å². The van der Waals surface area contributed by atoms with Gasteiger partial charge in [0.2, 0.25) is 0 Å². The normalized spacial score (nSPS) is 21.3. The molecule has 0 heterocycles. The Morgan fingerprint density at radius 2 is 1.61 bits per heavy atom. The third-order valence-corrected chi connectivity index (χ3v) is 6.32. The van der Waals surface area contributed by atoms with E-state index in [1.807, 2.05) is 0 Å². The van der Waals surface area contributed by atoms with Gasteiger partial charge in [0.15, 0.2) is 0 Å². The summed E-state index contributed by atoms with van der Waals surface area (Å²) in [6.07, 6.45) is 20.8. The van der Waals surface area contributed by atoms with Crippen LogP contribution in [0.25, 0.3) is 0 Å². The molecule has 0 bridgehead atoms. The Morgan fingerprint density at radius 3 is 2.35 bits per heavy atom. The summed E-state index contributed by atoms with van der Waals surface area (Å²) in [4.78, 5) is 0. The quantitative estimate of drug-likeness (QED) is 0.164. The van der Waals surface area contributed by atoms with Crippen molar-refractivity contribution in [1.29, 1.82) is 0 Å². The maximum Gasteiger partial charge on any atom is 0.00478 e. The maximum atomic E-state index is 4.90. The van der Waals surface area contributed by atoms with E-state index in [2.05, 4.69) is 20.4 Å². The second-order valence-corrected chi connectivity index (χ2v) is 8.50. The summed E-state index contributed by atoms with van der Waals surface area (Å²) in [5.41, 5.74) is 1.43. The van der Waals surface area contributed by atoms with Gasteiger partial charge in [0.1, 0.15) is 0 Å². The first-order valence-electron chi connectivity index (χ1n) is 10.5. The van der Waals surface area contributed by atoms with E-state index in [-0.39, 0.29) is 0 Å². The van der Waals surface area contributed by atoms with Crippen molar-refractivity contribution >= 4 is 12.6 Å². The van der Waals surface area contributed by atoms with Crippen molar-refractivity contribution in [2.45, 2.75) is 115 Å². The average molecular weight is 339 g/mol. The molecule has 1 aliphatic carbocycles. The summed E-state index contributed by atoms with van der Waals surface area (Å²) in [6, 6.07) is 0. The molecule has 0 saturated heterocycles. The number of hydrogen-bond acceptors (Lipinski definition) is 1. The number of hydrogen-bond donors (Lipinski definition) is 1. The number of unbranched alkanes of at least 4 members (excludes halogenated alkanes) is 8. The molecule has 136 valence electrons. The molecule has 0 amide bonds. The molecular weight excluding hydrogens is 296 g/mol. The van der Waals surface area contributed by atoms with E-state index >= 15 is 0 Å². The van der Waals surface area contributed by atoms with Gasteiger partial charge in [-0.05, 0) is 43.9 Å². The molecule has 0 spiro atoms. The molecule has 1 rings (SSSR count). The van der Waals surface area contributed by atoms with Gasteiger partial charge in [-0.3, -0.25) is 0 Å². The zero-order valence-corrected chi connectivity index (χ0v) is 16.9. The Balaban J connectivity index is 1.87. The first kappa shape index (κ1) is 21.1. The molecule has 0 aromatic heterocycles. The Bertz CT molecular complexity index is 296. The summed E-state index contributed by atoms with van der Waals surface area (Å²) in [5, 5.41) is 0.690. The van der Waals surface area contributed by atoms with Crippen molar-refractivity contribution in [3.8, 4) is 0 Å². The van der Waals surface area contributed by atoms with Crippen LogP contribution in [0.5, 0.6) is 0 Å². The fraction of sp³-hybridized carbons (Fsp3) is 0.909. The minimum absolute atomic E-state index is 0.690. The first-order valence-corrected chi connectivity index (χ1v) is 11.0. The predicted molar refractivity (Wildman–Crippen MR) is 109 cm³/mol. The molecule has 23 heavy (non-hydrogen) atoms. The van der Waals surface area contributed by atoms with Crippen LogP contribution in [0.2, 0.25) is 0 Å². The molecule has 1 heteroatoms. The third-order valence-electron chi connectivity index (χ3n) is 5.68. The van der Waals surface area contributed by atoms with Gasteiger partial charge >= 0.3 is 0 Å². The lowest BCUT2D eigenvalue weighted by atomic mass is 10.0. The molecule has 0 radical (unpaired) electrons. The predicted octanol–water partition coefficient (Wildman–Crippen LogP) is 7.98. The van der Waals surface area contributed by atoms with E-state index in [1.54, 1.807) is 0 Å². The fourth-order valence-electron chi connectivity index (χ4n) is 3.73. The van der Waals surface area contributed by atoms with Crippen LogP contribution < -0.4 is 0 Å². The van der Waals surface area contributed by atoms with Crippen LogP contribution in [0.3, 0.4) is 0 Å². The van der Waals surface area contributed by atoms with Gasteiger partial charge in [0, 0.05) is 5.25 Å². The zero-order valence-electron chi connectivity index (χ0n) is 16.0. The fourth-order valence-corrected chi connectivity index (χ4v) is 4.28. The van der Waals surface area contributed by atoms with E-state index in [1.165, 1.54) is 95.5 Å². The number of allylic oxidation sites excluding steroid dienone is 1. The second-order valence-electron chi connectivity index (χ2n) is 7.84. The van der Waals surface area contributed by atoms with Gasteiger partial charge in [-0.15, -0.1) is 0 Å². The second kappa shape index (κ2) is 13.4. The van der Waals surface area contributed by atoms with E-state index in [9.17, 15) is 0 Å². The van der Waals surface area contributed by atoms with Crippen molar-refractivity contribution in [3.05, 3.63) is 12.2 Å². The standard InChI is InChI=1S/C22H42S/c1-4-6-7-9-13-16-20-18-21(20)22(23)17-14-11-8-10-12-15-19(3)5-2/h20-23H,3-18H2,1-2H3. The maximum absolute atomic E-state index is 4.90. The minimum atomic E-state index is 0.690. The molecule has 0 aromatic rings. The van der Waals surface area contributed by atoms with Crippen LogP contribution in [0.15, 0.2) is 12.2 Å². The lowest BCUT2D eigenvalue weighted by molar-refractivity contribution is 0.525. The van der Waals surface area contributed by atoms with Crippen LogP contribution in [0.1, 0.15) is 110 Å². The lowest BCUT2D eigenvalue weighted by Crippen LogP contribution is -2.03. The summed E-state index contributed by atoms with van der Waals surface area (Å²) in [6.45, 7) is 8.60. The van der Waals surface area contributed by atoms with Crippen molar-refractivity contribution in [1.82, 2.24) is 0 Å².